The maximum atomic E-state index is 12.6. The van der Waals surface area contributed by atoms with Crippen LogP contribution in [0.1, 0.15) is 39.9 Å². The quantitative estimate of drug-likeness (QED) is 0.170. The summed E-state index contributed by atoms with van der Waals surface area (Å²) in [6.07, 6.45) is 5.57. The summed E-state index contributed by atoms with van der Waals surface area (Å²) in [4.78, 5) is 36.4. The highest BCUT2D eigenvalue weighted by molar-refractivity contribution is 5.97. The summed E-state index contributed by atoms with van der Waals surface area (Å²) < 4.78 is 0. The molecule has 2 aromatic carbocycles. The van der Waals surface area contributed by atoms with E-state index in [9.17, 15) is 14.4 Å². The molecule has 3 amide bonds. The molecule has 9 nitrogen and oxygen atoms in total. The summed E-state index contributed by atoms with van der Waals surface area (Å²) in [6.45, 7) is -0.0432. The highest BCUT2D eigenvalue weighted by Gasteiger charge is 2.23. The van der Waals surface area contributed by atoms with Crippen molar-refractivity contribution in [2.45, 2.75) is 31.5 Å². The minimum Gasteiger partial charge on any atom is -0.392 e. The first-order valence-corrected chi connectivity index (χ1v) is 11.2. The van der Waals surface area contributed by atoms with Gasteiger partial charge in [0.2, 0.25) is 5.91 Å². The molecular formula is C26H28N4O5. The van der Waals surface area contributed by atoms with Gasteiger partial charge in [-0.2, -0.15) is 0 Å². The number of amides is 3. The molecule has 0 aliphatic heterocycles. The zero-order chi connectivity index (χ0) is 25.0. The van der Waals surface area contributed by atoms with Gasteiger partial charge >= 0.3 is 0 Å². The van der Waals surface area contributed by atoms with E-state index in [0.717, 1.165) is 29.5 Å². The molecule has 0 spiro atoms. The molecule has 182 valence electrons. The molecule has 1 aliphatic rings. The van der Waals surface area contributed by atoms with Crippen LogP contribution < -0.4 is 21.4 Å². The first-order chi connectivity index (χ1) is 17.0. The summed E-state index contributed by atoms with van der Waals surface area (Å²) in [5.41, 5.74) is 4.30. The first kappa shape index (κ1) is 25.6. The van der Waals surface area contributed by atoms with E-state index in [4.69, 9.17) is 10.3 Å². The number of benzene rings is 2. The van der Waals surface area contributed by atoms with E-state index in [1.165, 1.54) is 5.48 Å². The van der Waals surface area contributed by atoms with Gasteiger partial charge < -0.3 is 21.1 Å². The van der Waals surface area contributed by atoms with Gasteiger partial charge in [0.1, 0.15) is 6.04 Å². The second-order valence-electron chi connectivity index (χ2n) is 8.04. The van der Waals surface area contributed by atoms with Crippen molar-refractivity contribution in [3.63, 3.8) is 0 Å². The molecule has 1 saturated carbocycles. The summed E-state index contributed by atoms with van der Waals surface area (Å²) >= 11 is 0. The SMILES string of the molecule is O=C(CNC1CC1)NC[C@H](NC(=O)c1ccc(/C=C/C#Cc2ccc(CO)cc2)cc1)C(=O)NO. The standard InChI is InChI=1S/C26H28N4O5/c31-17-20-7-5-18(6-8-20)3-1-2-4-19-9-11-21(12-10-19)25(33)29-23(26(34)30-35)15-28-24(32)16-27-22-13-14-22/h2,4-12,22-23,27,31,35H,13-17H2,(H,28,32)(H,29,33)(H,30,34)/b4-2+/t23-/m0/s1. The van der Waals surface area contributed by atoms with Gasteiger partial charge in [-0.25, -0.2) is 5.48 Å². The van der Waals surface area contributed by atoms with Crippen LogP contribution in [-0.2, 0) is 16.2 Å². The van der Waals surface area contributed by atoms with Crippen molar-refractivity contribution in [3.05, 3.63) is 76.9 Å². The van der Waals surface area contributed by atoms with Crippen molar-refractivity contribution in [1.82, 2.24) is 21.4 Å². The Hall–Kier alpha value is -3.97. The molecule has 0 bridgehead atoms. The molecular weight excluding hydrogens is 448 g/mol. The number of carbonyl (C=O) groups is 3. The lowest BCUT2D eigenvalue weighted by Gasteiger charge is -2.17. The second-order valence-corrected chi connectivity index (χ2v) is 8.04. The van der Waals surface area contributed by atoms with Gasteiger partial charge in [-0.1, -0.05) is 36.1 Å². The van der Waals surface area contributed by atoms with Crippen molar-refractivity contribution in [1.29, 1.82) is 0 Å². The molecule has 35 heavy (non-hydrogen) atoms. The van der Waals surface area contributed by atoms with Crippen LogP contribution in [0.3, 0.4) is 0 Å². The van der Waals surface area contributed by atoms with E-state index in [2.05, 4.69) is 27.8 Å². The third-order valence-corrected chi connectivity index (χ3v) is 5.25. The van der Waals surface area contributed by atoms with Crippen molar-refractivity contribution >= 4 is 23.8 Å². The average Bonchev–Trinajstić information content (AvgIpc) is 3.72. The predicted octanol–water partition coefficient (Wildman–Crippen LogP) is 0.716. The lowest BCUT2D eigenvalue weighted by molar-refractivity contribution is -0.131. The van der Waals surface area contributed by atoms with Gasteiger partial charge in [0.25, 0.3) is 11.8 Å². The molecule has 0 unspecified atom stereocenters. The van der Waals surface area contributed by atoms with Gasteiger partial charge in [-0.05, 0) is 60.4 Å². The predicted molar refractivity (Wildman–Crippen MR) is 130 cm³/mol. The monoisotopic (exact) mass is 476 g/mol. The highest BCUT2D eigenvalue weighted by atomic mass is 16.5. The number of rotatable bonds is 10. The number of hydroxylamine groups is 1. The maximum Gasteiger partial charge on any atom is 0.267 e. The number of allylic oxidation sites excluding steroid dienone is 1. The maximum absolute atomic E-state index is 12.6. The van der Waals surface area contributed by atoms with Gasteiger partial charge in [-0.15, -0.1) is 0 Å². The molecule has 2 aromatic rings. The summed E-state index contributed by atoms with van der Waals surface area (Å²) in [5.74, 6) is 4.27. The van der Waals surface area contributed by atoms with Crippen LogP contribution in [0.4, 0.5) is 0 Å². The minimum atomic E-state index is -1.14. The average molecular weight is 477 g/mol. The van der Waals surface area contributed by atoms with E-state index in [1.54, 1.807) is 36.4 Å². The number of aliphatic hydroxyl groups excluding tert-OH is 1. The van der Waals surface area contributed by atoms with Crippen LogP contribution in [-0.4, -0.2) is 53.2 Å². The largest absolute Gasteiger partial charge is 0.392 e. The molecule has 1 fully saturated rings. The van der Waals surface area contributed by atoms with Crippen molar-refractivity contribution in [2.75, 3.05) is 13.1 Å². The molecule has 0 radical (unpaired) electrons. The molecule has 0 saturated heterocycles. The number of hydrogen-bond acceptors (Lipinski definition) is 6. The van der Waals surface area contributed by atoms with E-state index in [-0.39, 0.29) is 25.6 Å². The number of hydrogen-bond donors (Lipinski definition) is 6. The Bertz CT molecular complexity index is 1110. The molecule has 0 aromatic heterocycles. The smallest absolute Gasteiger partial charge is 0.267 e. The zero-order valence-corrected chi connectivity index (χ0v) is 19.1. The Balaban J connectivity index is 1.51. The summed E-state index contributed by atoms with van der Waals surface area (Å²) in [7, 11) is 0. The van der Waals surface area contributed by atoms with Crippen LogP contribution >= 0.6 is 0 Å². The van der Waals surface area contributed by atoms with E-state index >= 15 is 0 Å². The third kappa shape index (κ3) is 8.72. The Morgan fingerprint density at radius 1 is 1.06 bits per heavy atom. The number of nitrogens with one attached hydrogen (secondary N) is 4. The Morgan fingerprint density at radius 2 is 1.77 bits per heavy atom. The van der Waals surface area contributed by atoms with Gasteiger partial charge in [0.15, 0.2) is 0 Å². The second kappa shape index (κ2) is 13.1. The Morgan fingerprint density at radius 3 is 2.40 bits per heavy atom. The fraction of sp³-hybridized carbons (Fsp3) is 0.269. The number of aliphatic hydroxyl groups is 1. The van der Waals surface area contributed by atoms with Crippen LogP contribution in [0.15, 0.2) is 54.6 Å². The molecule has 3 rings (SSSR count). The lowest BCUT2D eigenvalue weighted by Crippen LogP contribution is -2.52. The fourth-order valence-electron chi connectivity index (χ4n) is 3.03. The van der Waals surface area contributed by atoms with Crippen molar-refractivity contribution in [3.8, 4) is 11.8 Å². The fourth-order valence-corrected chi connectivity index (χ4v) is 3.03. The Kier molecular flexibility index (Phi) is 9.57. The normalized spacial score (nSPS) is 13.4. The highest BCUT2D eigenvalue weighted by Crippen LogP contribution is 2.17. The Labute approximate surface area is 203 Å². The number of carbonyl (C=O) groups excluding carboxylic acids is 3. The van der Waals surface area contributed by atoms with Gasteiger partial charge in [-0.3, -0.25) is 19.6 Å². The topological polar surface area (TPSA) is 140 Å². The third-order valence-electron chi connectivity index (χ3n) is 5.25. The van der Waals surface area contributed by atoms with Crippen LogP contribution in [0.2, 0.25) is 0 Å². The molecule has 9 heteroatoms. The summed E-state index contributed by atoms with van der Waals surface area (Å²) in [5, 5.41) is 26.2. The van der Waals surface area contributed by atoms with Crippen molar-refractivity contribution in [2.24, 2.45) is 0 Å². The van der Waals surface area contributed by atoms with Crippen molar-refractivity contribution < 1.29 is 24.7 Å². The minimum absolute atomic E-state index is 0.00839. The van der Waals surface area contributed by atoms with E-state index in [0.29, 0.717) is 11.6 Å². The molecule has 0 heterocycles. The lowest BCUT2D eigenvalue weighted by atomic mass is 10.1. The summed E-state index contributed by atoms with van der Waals surface area (Å²) in [6, 6.07) is 13.2. The van der Waals surface area contributed by atoms with E-state index < -0.39 is 17.9 Å². The molecule has 1 aliphatic carbocycles. The van der Waals surface area contributed by atoms with Crippen LogP contribution in [0.25, 0.3) is 6.08 Å². The molecule has 6 N–H and O–H groups in total. The van der Waals surface area contributed by atoms with Gasteiger partial charge in [0, 0.05) is 23.7 Å². The van der Waals surface area contributed by atoms with Gasteiger partial charge in [0.05, 0.1) is 13.2 Å². The first-order valence-electron chi connectivity index (χ1n) is 11.2. The van der Waals surface area contributed by atoms with E-state index in [1.807, 2.05) is 24.3 Å². The zero-order valence-electron chi connectivity index (χ0n) is 19.1. The molecule has 1 atom stereocenters. The van der Waals surface area contributed by atoms with Crippen LogP contribution in [0, 0.1) is 11.8 Å². The van der Waals surface area contributed by atoms with Crippen LogP contribution in [0.5, 0.6) is 0 Å².